The lowest BCUT2D eigenvalue weighted by molar-refractivity contribution is -0.141. The molecule has 3 fully saturated rings. The Kier molecular flexibility index (Phi) is 9.55. The zero-order valence-corrected chi connectivity index (χ0v) is 30.9. The summed E-state index contributed by atoms with van der Waals surface area (Å²) in [4.78, 5) is 62.0. The number of halogens is 1. The number of carbonyl (C=O) groups excluding carboxylic acids is 4. The van der Waals surface area contributed by atoms with E-state index in [1.165, 1.54) is 17.0 Å². The Morgan fingerprint density at radius 1 is 1.05 bits per heavy atom. The average molecular weight is 773 g/mol. The molecule has 16 heteroatoms. The highest BCUT2D eigenvalue weighted by molar-refractivity contribution is 7.91. The van der Waals surface area contributed by atoms with Crippen LogP contribution in [0.1, 0.15) is 74.0 Å². The van der Waals surface area contributed by atoms with Gasteiger partial charge in [-0.1, -0.05) is 60.5 Å². The van der Waals surface area contributed by atoms with Gasteiger partial charge in [0.1, 0.15) is 35.3 Å². The maximum absolute atomic E-state index is 15.5. The van der Waals surface area contributed by atoms with E-state index in [1.807, 2.05) is 24.3 Å². The Hall–Kier alpha value is -5.38. The lowest BCUT2D eigenvalue weighted by Crippen LogP contribution is -2.58. The number of hydrogen-bond donors (Lipinski definition) is 3. The Balaban J connectivity index is 1.13. The normalized spacial score (nSPS) is 26.6. The second-order valence-electron chi connectivity index (χ2n) is 14.9. The van der Waals surface area contributed by atoms with Crippen molar-refractivity contribution in [3.05, 3.63) is 78.0 Å². The number of para-hydroxylation sites is 1. The maximum Gasteiger partial charge on any atom is 0.274 e. The first-order valence-electron chi connectivity index (χ1n) is 18.7. The zero-order chi connectivity index (χ0) is 38.5. The number of allylic oxidation sites excluding steroid dienone is 1. The molecule has 4 heterocycles. The molecule has 2 saturated carbocycles. The number of nitrogens with zero attached hydrogens (tertiary/aromatic N) is 3. The molecule has 2 aliphatic heterocycles. The summed E-state index contributed by atoms with van der Waals surface area (Å²) in [7, 11) is -3.93. The van der Waals surface area contributed by atoms with Gasteiger partial charge in [0, 0.05) is 23.8 Å². The molecule has 5 atom stereocenters. The molecule has 0 radical (unpaired) electrons. The van der Waals surface area contributed by atoms with Gasteiger partial charge in [-0.15, -0.1) is 0 Å². The van der Waals surface area contributed by atoms with Crippen molar-refractivity contribution in [2.45, 2.75) is 93.7 Å². The van der Waals surface area contributed by atoms with Gasteiger partial charge >= 0.3 is 0 Å². The van der Waals surface area contributed by atoms with Gasteiger partial charge in [-0.2, -0.15) is 0 Å². The molecular weight excluding hydrogens is 732 g/mol. The highest BCUT2D eigenvalue weighted by atomic mass is 32.2. The minimum absolute atomic E-state index is 0.00610. The lowest BCUT2D eigenvalue weighted by Gasteiger charge is -2.29. The minimum atomic E-state index is -3.93. The molecule has 0 spiro atoms. The number of fused-ring (bicyclic) bond motifs is 5. The average Bonchev–Trinajstić information content (AvgIpc) is 4.05. The van der Waals surface area contributed by atoms with E-state index in [0.29, 0.717) is 42.3 Å². The number of ether oxygens (including phenoxy) is 1. The van der Waals surface area contributed by atoms with Gasteiger partial charge in [0.25, 0.3) is 11.8 Å². The SMILES string of the molecule is Cc1cc(C(=O)N[C@H]2CCCCC/C=C\[C@@H]3C[C@@]3(C(=O)NS(=O)(=O)C3CC3)NC(=O)[C@@H]3C[C@@H](Oc4nc5ccccc5c5cccc(F)c45)CN3C2=O)no1. The number of sulfonamides is 1. The molecule has 4 aliphatic rings. The van der Waals surface area contributed by atoms with Crippen molar-refractivity contribution in [2.75, 3.05) is 6.54 Å². The van der Waals surface area contributed by atoms with Crippen LogP contribution < -0.4 is 20.1 Å². The van der Waals surface area contributed by atoms with Crippen molar-refractivity contribution in [2.24, 2.45) is 5.92 Å². The van der Waals surface area contributed by atoms with Crippen LogP contribution in [0.25, 0.3) is 21.7 Å². The molecule has 288 valence electrons. The van der Waals surface area contributed by atoms with Crippen molar-refractivity contribution in [1.29, 1.82) is 0 Å². The monoisotopic (exact) mass is 772 g/mol. The number of pyridine rings is 1. The number of hydrogen-bond acceptors (Lipinski definition) is 10. The van der Waals surface area contributed by atoms with Crippen LogP contribution in [0, 0.1) is 18.7 Å². The fourth-order valence-corrected chi connectivity index (χ4v) is 9.09. The summed E-state index contributed by atoms with van der Waals surface area (Å²) in [6.07, 6.45) is 6.88. The summed E-state index contributed by atoms with van der Waals surface area (Å²) in [6, 6.07) is 11.1. The number of carbonyl (C=O) groups is 4. The number of aromatic nitrogens is 2. The summed E-state index contributed by atoms with van der Waals surface area (Å²) < 4.78 is 54.9. The predicted molar refractivity (Wildman–Crippen MR) is 198 cm³/mol. The van der Waals surface area contributed by atoms with E-state index >= 15 is 4.39 Å². The van der Waals surface area contributed by atoms with Gasteiger partial charge in [-0.05, 0) is 63.0 Å². The van der Waals surface area contributed by atoms with E-state index in [1.54, 1.807) is 31.2 Å². The number of amides is 4. The molecule has 14 nitrogen and oxygen atoms in total. The third-order valence-corrected chi connectivity index (χ3v) is 12.7. The van der Waals surface area contributed by atoms with Crippen LogP contribution >= 0.6 is 0 Å². The van der Waals surface area contributed by atoms with E-state index in [4.69, 9.17) is 9.26 Å². The number of rotatable bonds is 7. The van der Waals surface area contributed by atoms with Crippen LogP contribution in [0.3, 0.4) is 0 Å². The molecule has 2 aromatic heterocycles. The Morgan fingerprint density at radius 3 is 2.64 bits per heavy atom. The quantitative estimate of drug-likeness (QED) is 0.183. The molecular formula is C39H41FN6O8S. The third-order valence-electron chi connectivity index (χ3n) is 10.9. The van der Waals surface area contributed by atoms with Gasteiger partial charge in [0.15, 0.2) is 5.69 Å². The first-order valence-corrected chi connectivity index (χ1v) is 20.2. The van der Waals surface area contributed by atoms with Crippen molar-refractivity contribution in [3.63, 3.8) is 0 Å². The van der Waals surface area contributed by atoms with Crippen LogP contribution in [0.15, 0.2) is 65.2 Å². The fourth-order valence-electron chi connectivity index (χ4n) is 7.73. The van der Waals surface area contributed by atoms with Gasteiger partial charge < -0.3 is 24.8 Å². The highest BCUT2D eigenvalue weighted by Gasteiger charge is 2.62. The number of benzene rings is 2. The standard InChI is InChI=1S/C39H41FN6O8S/c1-22-18-31(44-54-22)34(47)41-30-15-6-4-2-3-5-10-23-20-39(23,38(50)45-55(51,52)25-16-17-25)43-35(48)32-19-24(21-46(32)37(30)49)53-36-33-27(12-9-13-28(33)40)26-11-7-8-14-29(26)42-36/h5,7-14,18,23-25,30,32H,2-4,6,15-17,19-21H2,1H3,(H,41,47)(H,43,48)(H,45,50)/b10-5-/t23-,24-,30+,32+,39-/m1/s1. The predicted octanol–water partition coefficient (Wildman–Crippen LogP) is 3.97. The molecule has 2 aromatic carbocycles. The molecule has 1 saturated heterocycles. The Bertz CT molecular complexity index is 2340. The molecule has 4 amide bonds. The summed E-state index contributed by atoms with van der Waals surface area (Å²) in [6.45, 7) is 1.51. The van der Waals surface area contributed by atoms with E-state index in [2.05, 4.69) is 25.5 Å². The molecule has 2 aliphatic carbocycles. The Labute approximate surface area is 316 Å². The van der Waals surface area contributed by atoms with Crippen molar-refractivity contribution >= 4 is 55.3 Å². The molecule has 0 bridgehead atoms. The van der Waals surface area contributed by atoms with Crippen LogP contribution in [-0.4, -0.2) is 82.6 Å². The van der Waals surface area contributed by atoms with Crippen LogP contribution in [0.2, 0.25) is 0 Å². The molecule has 3 N–H and O–H groups in total. The van der Waals surface area contributed by atoms with Crippen LogP contribution in [0.4, 0.5) is 4.39 Å². The number of nitrogens with one attached hydrogen (secondary N) is 3. The lowest BCUT2D eigenvalue weighted by atomic mass is 10.0. The van der Waals surface area contributed by atoms with E-state index in [-0.39, 0.29) is 42.8 Å². The van der Waals surface area contributed by atoms with Gasteiger partial charge in [0.05, 0.1) is 22.7 Å². The molecule has 4 aromatic rings. The first kappa shape index (κ1) is 36.6. The van der Waals surface area contributed by atoms with Gasteiger partial charge in [-0.25, -0.2) is 17.8 Å². The number of aryl methyl sites for hydroxylation is 1. The van der Waals surface area contributed by atoms with E-state index < -0.39 is 74.4 Å². The molecule has 55 heavy (non-hydrogen) atoms. The first-order chi connectivity index (χ1) is 26.4. The maximum atomic E-state index is 15.5. The van der Waals surface area contributed by atoms with E-state index in [0.717, 1.165) is 18.2 Å². The summed E-state index contributed by atoms with van der Waals surface area (Å²) in [5, 5.41) is 10.2. The molecule has 0 unspecified atom stereocenters. The fraction of sp³-hybridized carbons (Fsp3) is 0.436. The van der Waals surface area contributed by atoms with Crippen LogP contribution in [-0.2, 0) is 24.4 Å². The zero-order valence-electron chi connectivity index (χ0n) is 30.1. The summed E-state index contributed by atoms with van der Waals surface area (Å²) >= 11 is 0. The smallest absolute Gasteiger partial charge is 0.274 e. The van der Waals surface area contributed by atoms with Crippen molar-refractivity contribution < 1.29 is 41.2 Å². The summed E-state index contributed by atoms with van der Waals surface area (Å²) in [5.41, 5.74) is -1.00. The second-order valence-corrected chi connectivity index (χ2v) is 16.9. The van der Waals surface area contributed by atoms with Gasteiger partial charge in [-0.3, -0.25) is 23.9 Å². The highest BCUT2D eigenvalue weighted by Crippen LogP contribution is 2.46. The minimum Gasteiger partial charge on any atom is -0.472 e. The molecule has 8 rings (SSSR count). The third kappa shape index (κ3) is 7.26. The summed E-state index contributed by atoms with van der Waals surface area (Å²) in [5.74, 6) is -3.32. The van der Waals surface area contributed by atoms with Crippen molar-refractivity contribution in [1.82, 2.24) is 30.4 Å². The van der Waals surface area contributed by atoms with Crippen molar-refractivity contribution in [3.8, 4) is 5.88 Å². The largest absolute Gasteiger partial charge is 0.472 e. The van der Waals surface area contributed by atoms with Crippen LogP contribution in [0.5, 0.6) is 5.88 Å². The van der Waals surface area contributed by atoms with Gasteiger partial charge in [0.2, 0.25) is 27.7 Å². The topological polar surface area (TPSA) is 190 Å². The second kappa shape index (κ2) is 14.4. The van der Waals surface area contributed by atoms with E-state index in [9.17, 15) is 27.6 Å². The Morgan fingerprint density at radius 2 is 1.85 bits per heavy atom.